The van der Waals surface area contributed by atoms with Crippen LogP contribution in [0.25, 0.3) is 0 Å². The average molecular weight is 340 g/mol. The zero-order valence-corrected chi connectivity index (χ0v) is 13.5. The summed E-state index contributed by atoms with van der Waals surface area (Å²) >= 11 is 3.60. The van der Waals surface area contributed by atoms with Crippen LogP contribution in [-0.2, 0) is 6.42 Å². The second kappa shape index (κ2) is 5.66. The first kappa shape index (κ1) is 14.4. The third-order valence-corrected chi connectivity index (χ3v) is 5.59. The smallest absolute Gasteiger partial charge is 0.119 e. The summed E-state index contributed by atoms with van der Waals surface area (Å²) in [6.45, 7) is 2.18. The van der Waals surface area contributed by atoms with Crippen molar-refractivity contribution < 1.29 is 9.84 Å². The molecule has 1 aromatic carbocycles. The second-order valence-corrected chi connectivity index (χ2v) is 6.89. The van der Waals surface area contributed by atoms with Gasteiger partial charge in [-0.15, -0.1) is 0 Å². The van der Waals surface area contributed by atoms with Gasteiger partial charge in [-0.05, 0) is 49.6 Å². The number of rotatable bonds is 3. The largest absolute Gasteiger partial charge is 0.497 e. The van der Waals surface area contributed by atoms with Crippen LogP contribution in [0.1, 0.15) is 31.2 Å². The van der Waals surface area contributed by atoms with Crippen molar-refractivity contribution in [2.75, 3.05) is 20.2 Å². The fourth-order valence-electron chi connectivity index (χ4n) is 3.72. The second-order valence-electron chi connectivity index (χ2n) is 6.04. The zero-order valence-electron chi connectivity index (χ0n) is 11.9. The molecule has 0 saturated carbocycles. The van der Waals surface area contributed by atoms with Gasteiger partial charge in [-0.3, -0.25) is 4.90 Å². The summed E-state index contributed by atoms with van der Waals surface area (Å²) in [4.78, 5) is 2.47. The molecule has 0 amide bonds. The van der Waals surface area contributed by atoms with Gasteiger partial charge in [0.05, 0.1) is 12.7 Å². The van der Waals surface area contributed by atoms with Gasteiger partial charge < -0.3 is 9.84 Å². The molecule has 0 aromatic heterocycles. The summed E-state index contributed by atoms with van der Waals surface area (Å²) in [5.41, 5.74) is 0.550. The van der Waals surface area contributed by atoms with Crippen molar-refractivity contribution in [3.8, 4) is 5.75 Å². The highest BCUT2D eigenvalue weighted by Crippen LogP contribution is 2.38. The lowest BCUT2D eigenvalue weighted by atomic mass is 9.84. The van der Waals surface area contributed by atoms with Crippen LogP contribution in [0.3, 0.4) is 0 Å². The first-order chi connectivity index (χ1) is 9.62. The van der Waals surface area contributed by atoms with Crippen LogP contribution in [0.2, 0.25) is 0 Å². The Morgan fingerprint density at radius 3 is 3.05 bits per heavy atom. The summed E-state index contributed by atoms with van der Waals surface area (Å²) in [6.07, 6.45) is 5.21. The summed E-state index contributed by atoms with van der Waals surface area (Å²) in [5.74, 6) is 0.852. The van der Waals surface area contributed by atoms with Gasteiger partial charge in [-0.1, -0.05) is 22.4 Å². The van der Waals surface area contributed by atoms with E-state index in [1.54, 1.807) is 7.11 Å². The quantitative estimate of drug-likeness (QED) is 0.918. The van der Waals surface area contributed by atoms with Gasteiger partial charge in [0.1, 0.15) is 5.75 Å². The van der Waals surface area contributed by atoms with E-state index < -0.39 is 5.60 Å². The molecule has 3 nitrogen and oxygen atoms in total. The fraction of sp³-hybridized carbons (Fsp3) is 0.625. The maximum Gasteiger partial charge on any atom is 0.119 e. The number of aliphatic hydroxyl groups is 1. The Labute approximate surface area is 129 Å². The minimum Gasteiger partial charge on any atom is -0.497 e. The van der Waals surface area contributed by atoms with E-state index >= 15 is 0 Å². The highest BCUT2D eigenvalue weighted by Gasteiger charge is 2.46. The van der Waals surface area contributed by atoms with Crippen molar-refractivity contribution in [3.63, 3.8) is 0 Å². The summed E-state index contributed by atoms with van der Waals surface area (Å²) in [6, 6.07) is 6.31. The Balaban J connectivity index is 1.83. The SMILES string of the molecule is COc1ccc(Br)c(CC2(O)CCN3CCCCC32)c1. The van der Waals surface area contributed by atoms with Crippen LogP contribution in [0.5, 0.6) is 5.75 Å². The number of halogens is 1. The third kappa shape index (κ3) is 2.61. The van der Waals surface area contributed by atoms with E-state index in [2.05, 4.69) is 20.8 Å². The maximum absolute atomic E-state index is 11.1. The van der Waals surface area contributed by atoms with Crippen LogP contribution >= 0.6 is 15.9 Å². The molecule has 0 radical (unpaired) electrons. The van der Waals surface area contributed by atoms with Gasteiger partial charge in [0, 0.05) is 23.5 Å². The predicted molar refractivity (Wildman–Crippen MR) is 83.2 cm³/mol. The molecule has 20 heavy (non-hydrogen) atoms. The predicted octanol–water partition coefficient (Wildman–Crippen LogP) is 2.99. The normalized spacial score (nSPS) is 30.2. The van der Waals surface area contributed by atoms with Crippen molar-refractivity contribution >= 4 is 15.9 Å². The van der Waals surface area contributed by atoms with E-state index in [1.807, 2.05) is 18.2 Å². The topological polar surface area (TPSA) is 32.7 Å². The van der Waals surface area contributed by atoms with Crippen LogP contribution in [0, 0.1) is 0 Å². The molecule has 2 aliphatic rings. The van der Waals surface area contributed by atoms with Gasteiger partial charge in [0.15, 0.2) is 0 Å². The van der Waals surface area contributed by atoms with Crippen molar-refractivity contribution in [3.05, 3.63) is 28.2 Å². The molecule has 2 heterocycles. The first-order valence-corrected chi connectivity index (χ1v) is 8.20. The fourth-order valence-corrected chi connectivity index (χ4v) is 4.11. The van der Waals surface area contributed by atoms with Crippen molar-refractivity contribution in [2.45, 2.75) is 43.7 Å². The van der Waals surface area contributed by atoms with E-state index in [0.29, 0.717) is 12.5 Å². The third-order valence-electron chi connectivity index (χ3n) is 4.82. The molecular weight excluding hydrogens is 318 g/mol. The van der Waals surface area contributed by atoms with Crippen LogP contribution in [0.15, 0.2) is 22.7 Å². The van der Waals surface area contributed by atoms with E-state index in [9.17, 15) is 5.11 Å². The minimum atomic E-state index is -0.588. The summed E-state index contributed by atoms with van der Waals surface area (Å²) in [5, 5.41) is 11.1. The van der Waals surface area contributed by atoms with Crippen molar-refractivity contribution in [2.24, 2.45) is 0 Å². The molecule has 4 heteroatoms. The van der Waals surface area contributed by atoms with Crippen LogP contribution < -0.4 is 4.74 Å². The molecule has 2 unspecified atom stereocenters. The number of benzene rings is 1. The summed E-state index contributed by atoms with van der Waals surface area (Å²) < 4.78 is 6.36. The molecule has 1 N–H and O–H groups in total. The van der Waals surface area contributed by atoms with Crippen molar-refractivity contribution in [1.82, 2.24) is 4.90 Å². The van der Waals surface area contributed by atoms with E-state index in [0.717, 1.165) is 41.7 Å². The zero-order chi connectivity index (χ0) is 14.2. The molecule has 110 valence electrons. The molecule has 2 fully saturated rings. The number of piperidine rings is 1. The highest BCUT2D eigenvalue weighted by molar-refractivity contribution is 9.10. The molecule has 2 saturated heterocycles. The lowest BCUT2D eigenvalue weighted by molar-refractivity contribution is -0.00899. The molecule has 2 aliphatic heterocycles. The first-order valence-electron chi connectivity index (χ1n) is 7.41. The lowest BCUT2D eigenvalue weighted by Crippen LogP contribution is -2.48. The Morgan fingerprint density at radius 1 is 1.40 bits per heavy atom. The van der Waals surface area contributed by atoms with Crippen LogP contribution in [-0.4, -0.2) is 41.8 Å². The average Bonchev–Trinajstić information content (AvgIpc) is 2.80. The van der Waals surface area contributed by atoms with Gasteiger partial charge in [0.25, 0.3) is 0 Å². The number of hydrogen-bond acceptors (Lipinski definition) is 3. The molecule has 0 bridgehead atoms. The number of hydrogen-bond donors (Lipinski definition) is 1. The Bertz CT molecular complexity index is 493. The minimum absolute atomic E-state index is 0.328. The molecule has 0 spiro atoms. The number of ether oxygens (including phenoxy) is 1. The van der Waals surface area contributed by atoms with Gasteiger partial charge >= 0.3 is 0 Å². The van der Waals surface area contributed by atoms with E-state index in [-0.39, 0.29) is 0 Å². The molecule has 0 aliphatic carbocycles. The van der Waals surface area contributed by atoms with E-state index in [4.69, 9.17) is 4.74 Å². The van der Waals surface area contributed by atoms with Crippen LogP contribution in [0.4, 0.5) is 0 Å². The molecule has 3 rings (SSSR count). The van der Waals surface area contributed by atoms with Gasteiger partial charge in [0.2, 0.25) is 0 Å². The van der Waals surface area contributed by atoms with Gasteiger partial charge in [-0.2, -0.15) is 0 Å². The number of nitrogens with zero attached hydrogens (tertiary/aromatic N) is 1. The lowest BCUT2D eigenvalue weighted by Gasteiger charge is -2.37. The number of fused-ring (bicyclic) bond motifs is 1. The Morgan fingerprint density at radius 2 is 2.25 bits per heavy atom. The summed E-state index contributed by atoms with van der Waals surface area (Å²) in [7, 11) is 1.68. The number of methoxy groups -OCH3 is 1. The van der Waals surface area contributed by atoms with Gasteiger partial charge in [-0.25, -0.2) is 0 Å². The maximum atomic E-state index is 11.1. The molecule has 2 atom stereocenters. The van der Waals surface area contributed by atoms with Crippen molar-refractivity contribution in [1.29, 1.82) is 0 Å². The van der Waals surface area contributed by atoms with E-state index in [1.165, 1.54) is 12.8 Å². The molecule has 1 aromatic rings. The standard InChI is InChI=1S/C16H22BrNO2/c1-20-13-5-6-14(17)12(10-13)11-16(19)7-9-18-8-3-2-4-15(16)18/h5-6,10,15,19H,2-4,7-9,11H2,1H3. The monoisotopic (exact) mass is 339 g/mol. The molecular formula is C16H22BrNO2. The Hall–Kier alpha value is -0.580. The Kier molecular flexibility index (Phi) is 4.07. The highest BCUT2D eigenvalue weighted by atomic mass is 79.9.